The van der Waals surface area contributed by atoms with Crippen LogP contribution in [0.3, 0.4) is 0 Å². The predicted octanol–water partition coefficient (Wildman–Crippen LogP) is 1.93. The molecule has 2 heterocycles. The van der Waals surface area contributed by atoms with Crippen molar-refractivity contribution in [3.63, 3.8) is 0 Å². The highest BCUT2D eigenvalue weighted by atomic mass is 32.2. The molecule has 0 amide bonds. The van der Waals surface area contributed by atoms with E-state index in [1.54, 1.807) is 38.1 Å². The molecule has 0 radical (unpaired) electrons. The maximum atomic E-state index is 12.8. The van der Waals surface area contributed by atoms with E-state index in [-0.39, 0.29) is 23.0 Å². The number of anilines is 1. The van der Waals surface area contributed by atoms with Crippen LogP contribution in [0.15, 0.2) is 28.9 Å². The zero-order valence-electron chi connectivity index (χ0n) is 11.4. The number of aliphatic hydroxyl groups is 1. The fourth-order valence-corrected chi connectivity index (χ4v) is 4.12. The van der Waals surface area contributed by atoms with Crippen molar-refractivity contribution in [1.82, 2.24) is 10.3 Å². The number of hydrogen-bond donors (Lipinski definition) is 1. The predicted molar refractivity (Wildman–Crippen MR) is 76.9 cm³/mol. The van der Waals surface area contributed by atoms with Crippen LogP contribution in [0.5, 0.6) is 0 Å². The standard InChI is InChI=1S/C13H13N3O4S/c1-3-16-13-10(14-20-15-13)11(17)12(21(16,18)19)9-7-5-4-6-8(9)2/h4-7,17H,3H2,1-2H3. The Kier molecular flexibility index (Phi) is 2.98. The van der Waals surface area contributed by atoms with Gasteiger partial charge in [-0.2, -0.15) is 0 Å². The van der Waals surface area contributed by atoms with Crippen LogP contribution in [0.4, 0.5) is 5.82 Å². The van der Waals surface area contributed by atoms with E-state index in [1.165, 1.54) is 0 Å². The molecule has 0 spiro atoms. The molecular weight excluding hydrogens is 294 g/mol. The molecule has 1 aromatic heterocycles. The first-order chi connectivity index (χ1) is 9.98. The van der Waals surface area contributed by atoms with Crippen molar-refractivity contribution in [3.8, 4) is 0 Å². The summed E-state index contributed by atoms with van der Waals surface area (Å²) in [6, 6.07) is 6.93. The van der Waals surface area contributed by atoms with Crippen LogP contribution in [0, 0.1) is 6.92 Å². The number of aromatic nitrogens is 2. The molecule has 8 heteroatoms. The summed E-state index contributed by atoms with van der Waals surface area (Å²) in [4.78, 5) is -0.175. The van der Waals surface area contributed by atoms with Crippen molar-refractivity contribution in [2.24, 2.45) is 0 Å². The molecule has 0 saturated carbocycles. The zero-order chi connectivity index (χ0) is 15.2. The van der Waals surface area contributed by atoms with Crippen molar-refractivity contribution in [1.29, 1.82) is 0 Å². The lowest BCUT2D eigenvalue weighted by molar-refractivity contribution is 0.305. The summed E-state index contributed by atoms with van der Waals surface area (Å²) in [5, 5.41) is 17.5. The molecule has 1 aliphatic rings. The quantitative estimate of drug-likeness (QED) is 0.910. The lowest BCUT2D eigenvalue weighted by Gasteiger charge is -2.26. The Hall–Kier alpha value is -2.35. The Morgan fingerprint density at radius 2 is 2.00 bits per heavy atom. The fourth-order valence-electron chi connectivity index (χ4n) is 2.36. The summed E-state index contributed by atoms with van der Waals surface area (Å²) in [7, 11) is -3.92. The monoisotopic (exact) mass is 307 g/mol. The maximum absolute atomic E-state index is 12.8. The Labute approximate surface area is 121 Å². The second kappa shape index (κ2) is 4.59. The van der Waals surface area contributed by atoms with E-state index in [9.17, 15) is 13.5 Å². The number of nitrogens with zero attached hydrogens (tertiary/aromatic N) is 3. The van der Waals surface area contributed by atoms with Gasteiger partial charge in [0.1, 0.15) is 4.91 Å². The molecule has 0 saturated heterocycles. The highest BCUT2D eigenvalue weighted by Gasteiger charge is 2.41. The van der Waals surface area contributed by atoms with Crippen LogP contribution in [0.25, 0.3) is 10.7 Å². The lowest BCUT2D eigenvalue weighted by Crippen LogP contribution is -2.35. The minimum absolute atomic E-state index is 0.00679. The number of benzene rings is 1. The fraction of sp³-hybridized carbons (Fsp3) is 0.231. The minimum atomic E-state index is -3.92. The van der Waals surface area contributed by atoms with Gasteiger partial charge in [-0.1, -0.05) is 24.3 Å². The number of sulfonamides is 1. The molecule has 21 heavy (non-hydrogen) atoms. The van der Waals surface area contributed by atoms with Gasteiger partial charge in [0.05, 0.1) is 0 Å². The van der Waals surface area contributed by atoms with Gasteiger partial charge in [-0.3, -0.25) is 0 Å². The van der Waals surface area contributed by atoms with Crippen LogP contribution in [0.2, 0.25) is 0 Å². The third-order valence-corrected chi connectivity index (χ3v) is 5.31. The topological polar surface area (TPSA) is 96.5 Å². The van der Waals surface area contributed by atoms with Gasteiger partial charge in [-0.25, -0.2) is 17.4 Å². The second-order valence-corrected chi connectivity index (χ2v) is 6.40. The molecule has 110 valence electrons. The van der Waals surface area contributed by atoms with Crippen molar-refractivity contribution in [3.05, 3.63) is 41.1 Å². The summed E-state index contributed by atoms with van der Waals surface area (Å²) >= 11 is 0. The van der Waals surface area contributed by atoms with Crippen molar-refractivity contribution in [2.75, 3.05) is 10.8 Å². The molecular formula is C13H13N3O4S. The maximum Gasteiger partial charge on any atom is 0.270 e. The molecule has 1 aromatic carbocycles. The number of hydrogen-bond acceptors (Lipinski definition) is 6. The first-order valence-corrected chi connectivity index (χ1v) is 7.77. The second-order valence-electron chi connectivity index (χ2n) is 4.60. The Balaban J connectivity index is 2.38. The van der Waals surface area contributed by atoms with E-state index in [0.717, 1.165) is 9.87 Å². The van der Waals surface area contributed by atoms with E-state index in [2.05, 4.69) is 14.9 Å². The van der Waals surface area contributed by atoms with Crippen molar-refractivity contribution in [2.45, 2.75) is 13.8 Å². The molecule has 0 bridgehead atoms. The van der Waals surface area contributed by atoms with Crippen molar-refractivity contribution < 1.29 is 18.2 Å². The Bertz CT molecular complexity index is 839. The molecule has 0 aliphatic carbocycles. The first-order valence-electron chi connectivity index (χ1n) is 6.33. The molecule has 2 aromatic rings. The molecule has 0 atom stereocenters. The molecule has 7 nitrogen and oxygen atoms in total. The van der Waals surface area contributed by atoms with Gasteiger partial charge in [0, 0.05) is 12.1 Å². The van der Waals surface area contributed by atoms with Crippen molar-refractivity contribution >= 4 is 26.5 Å². The van der Waals surface area contributed by atoms with Gasteiger partial charge in [0.25, 0.3) is 10.0 Å². The smallest absolute Gasteiger partial charge is 0.270 e. The highest BCUT2D eigenvalue weighted by molar-refractivity contribution is 8.02. The first kappa shape index (κ1) is 13.6. The normalized spacial score (nSPS) is 17.0. The number of fused-ring (bicyclic) bond motifs is 1. The Morgan fingerprint density at radius 3 is 2.67 bits per heavy atom. The van der Waals surface area contributed by atoms with E-state index in [1.807, 2.05) is 0 Å². The van der Waals surface area contributed by atoms with Crippen LogP contribution in [-0.2, 0) is 10.0 Å². The number of aliphatic hydroxyl groups excluding tert-OH is 1. The third-order valence-electron chi connectivity index (χ3n) is 3.37. The van der Waals surface area contributed by atoms with Crippen LogP contribution in [-0.4, -0.2) is 30.4 Å². The summed E-state index contributed by atoms with van der Waals surface area (Å²) in [5.41, 5.74) is 1.20. The minimum Gasteiger partial charge on any atom is -0.504 e. The third kappa shape index (κ3) is 1.83. The SMILES string of the molecule is CCN1c2nonc2C(O)=C(c2ccccc2C)S1(=O)=O. The van der Waals surface area contributed by atoms with Crippen LogP contribution in [0.1, 0.15) is 23.7 Å². The van der Waals surface area contributed by atoms with E-state index in [4.69, 9.17) is 0 Å². The molecule has 0 fully saturated rings. The summed E-state index contributed by atoms with van der Waals surface area (Å²) in [6.45, 7) is 3.61. The van der Waals surface area contributed by atoms with Gasteiger partial charge >= 0.3 is 0 Å². The van der Waals surface area contributed by atoms with Gasteiger partial charge in [0.2, 0.25) is 5.82 Å². The Morgan fingerprint density at radius 1 is 1.29 bits per heavy atom. The van der Waals surface area contributed by atoms with Gasteiger partial charge in [0.15, 0.2) is 11.5 Å². The summed E-state index contributed by atoms with van der Waals surface area (Å²) < 4.78 is 31.2. The largest absolute Gasteiger partial charge is 0.504 e. The molecule has 3 rings (SSSR count). The molecule has 0 unspecified atom stereocenters. The van der Waals surface area contributed by atoms with Gasteiger partial charge in [-0.05, 0) is 29.7 Å². The lowest BCUT2D eigenvalue weighted by atomic mass is 10.1. The van der Waals surface area contributed by atoms with Gasteiger partial charge < -0.3 is 5.11 Å². The van der Waals surface area contributed by atoms with E-state index >= 15 is 0 Å². The summed E-state index contributed by atoms with van der Waals surface area (Å²) in [6.07, 6.45) is 0. The highest BCUT2D eigenvalue weighted by Crippen LogP contribution is 2.41. The molecule has 1 aliphatic heterocycles. The summed E-state index contributed by atoms with van der Waals surface area (Å²) in [5.74, 6) is -0.433. The molecule has 1 N–H and O–H groups in total. The van der Waals surface area contributed by atoms with Crippen LogP contribution >= 0.6 is 0 Å². The number of aryl methyl sites for hydroxylation is 1. The number of rotatable bonds is 2. The van der Waals surface area contributed by atoms with E-state index in [0.29, 0.717) is 5.56 Å². The average molecular weight is 307 g/mol. The van der Waals surface area contributed by atoms with Crippen LogP contribution < -0.4 is 4.31 Å². The average Bonchev–Trinajstić information content (AvgIpc) is 2.90. The zero-order valence-corrected chi connectivity index (χ0v) is 12.3. The van der Waals surface area contributed by atoms with Gasteiger partial charge in [-0.15, -0.1) is 0 Å². The van der Waals surface area contributed by atoms with E-state index < -0.39 is 15.8 Å².